The normalized spacial score (nSPS) is 21.4. The molecule has 0 saturated carbocycles. The lowest BCUT2D eigenvalue weighted by atomic mass is 9.81. The Kier molecular flexibility index (Phi) is 3.57. The fourth-order valence-corrected chi connectivity index (χ4v) is 2.33. The topological polar surface area (TPSA) is 29.9 Å². The van der Waals surface area contributed by atoms with Crippen LogP contribution in [0, 0.1) is 11.3 Å². The summed E-state index contributed by atoms with van der Waals surface area (Å²) in [6.45, 7) is 12.6. The first kappa shape index (κ1) is 12.6. The molecule has 96 valence electrons. The molecule has 1 unspecified atom stereocenters. The maximum absolute atomic E-state index is 4.35. The Balaban J connectivity index is 2.14. The van der Waals surface area contributed by atoms with Crippen LogP contribution in [0.3, 0.4) is 0 Å². The lowest BCUT2D eigenvalue weighted by Gasteiger charge is -2.30. The van der Waals surface area contributed by atoms with E-state index < -0.39 is 0 Å². The molecule has 0 aromatic carbocycles. The zero-order chi connectivity index (χ0) is 12.5. The molecule has 2 rings (SSSR count). The van der Waals surface area contributed by atoms with Crippen molar-refractivity contribution < 1.29 is 0 Å². The monoisotopic (exact) mass is 235 g/mol. The van der Waals surface area contributed by atoms with E-state index in [4.69, 9.17) is 0 Å². The summed E-state index contributed by atoms with van der Waals surface area (Å²) in [5.41, 5.74) is 1.73. The van der Waals surface area contributed by atoms with Crippen LogP contribution in [0.25, 0.3) is 0 Å². The maximum atomic E-state index is 4.35. The number of rotatable bonds is 4. The molecule has 2 heterocycles. The van der Waals surface area contributed by atoms with Crippen LogP contribution in [0.1, 0.15) is 45.7 Å². The van der Waals surface area contributed by atoms with Gasteiger partial charge in [-0.1, -0.05) is 27.7 Å². The van der Waals surface area contributed by atoms with Gasteiger partial charge in [0.25, 0.3) is 0 Å². The lowest BCUT2D eigenvalue weighted by Crippen LogP contribution is -2.26. The van der Waals surface area contributed by atoms with Gasteiger partial charge in [-0.3, -0.25) is 0 Å². The zero-order valence-corrected chi connectivity index (χ0v) is 11.5. The fraction of sp³-hybridized carbons (Fsp3) is 0.786. The van der Waals surface area contributed by atoms with E-state index in [0.29, 0.717) is 17.3 Å². The van der Waals surface area contributed by atoms with Crippen LogP contribution in [0.4, 0.5) is 0 Å². The van der Waals surface area contributed by atoms with Gasteiger partial charge in [-0.15, -0.1) is 0 Å². The van der Waals surface area contributed by atoms with Gasteiger partial charge >= 0.3 is 0 Å². The van der Waals surface area contributed by atoms with Crippen LogP contribution in [0.2, 0.25) is 0 Å². The van der Waals surface area contributed by atoms with Crippen molar-refractivity contribution in [2.24, 2.45) is 11.3 Å². The first-order valence-electron chi connectivity index (χ1n) is 6.71. The van der Waals surface area contributed by atoms with Crippen LogP contribution in [0.5, 0.6) is 0 Å². The molecule has 1 aliphatic rings. The van der Waals surface area contributed by atoms with Crippen LogP contribution in [-0.2, 0) is 6.54 Å². The average Bonchev–Trinajstić information content (AvgIpc) is 2.85. The highest BCUT2D eigenvalue weighted by Gasteiger charge is 2.26. The first-order valence-corrected chi connectivity index (χ1v) is 6.71. The van der Waals surface area contributed by atoms with Crippen molar-refractivity contribution in [2.75, 3.05) is 13.1 Å². The summed E-state index contributed by atoms with van der Waals surface area (Å²) in [7, 11) is 0. The highest BCUT2D eigenvalue weighted by molar-refractivity contribution is 5.09. The summed E-state index contributed by atoms with van der Waals surface area (Å²) in [4.78, 5) is 4.35. The maximum Gasteiger partial charge on any atom is 0.0948 e. The van der Waals surface area contributed by atoms with Gasteiger partial charge < -0.3 is 9.88 Å². The van der Waals surface area contributed by atoms with E-state index in [-0.39, 0.29) is 0 Å². The second-order valence-electron chi connectivity index (χ2n) is 6.28. The number of nitrogens with zero attached hydrogens (tertiary/aromatic N) is 2. The minimum atomic E-state index is 0.321. The van der Waals surface area contributed by atoms with E-state index in [1.165, 1.54) is 12.1 Å². The lowest BCUT2D eigenvalue weighted by molar-refractivity contribution is 0.207. The van der Waals surface area contributed by atoms with Crippen LogP contribution < -0.4 is 5.32 Å². The van der Waals surface area contributed by atoms with Crippen molar-refractivity contribution >= 4 is 0 Å². The molecule has 0 aliphatic carbocycles. The Bertz CT molecular complexity index is 359. The molecule has 1 aromatic heterocycles. The Morgan fingerprint density at radius 1 is 1.53 bits per heavy atom. The molecular weight excluding hydrogens is 210 g/mol. The largest absolute Gasteiger partial charge is 0.334 e. The summed E-state index contributed by atoms with van der Waals surface area (Å²) in [6.07, 6.45) is 5.29. The Hall–Kier alpha value is -0.830. The van der Waals surface area contributed by atoms with Gasteiger partial charge in [-0.25, -0.2) is 4.98 Å². The minimum absolute atomic E-state index is 0.321. The van der Waals surface area contributed by atoms with Gasteiger partial charge in [0.1, 0.15) is 0 Å². The molecule has 1 saturated heterocycles. The number of hydrogen-bond donors (Lipinski definition) is 1. The summed E-state index contributed by atoms with van der Waals surface area (Å²) >= 11 is 0. The number of imidazole rings is 1. The summed E-state index contributed by atoms with van der Waals surface area (Å²) in [5, 5.41) is 3.43. The third kappa shape index (κ3) is 2.71. The van der Waals surface area contributed by atoms with E-state index in [2.05, 4.69) is 42.6 Å². The van der Waals surface area contributed by atoms with Crippen molar-refractivity contribution in [1.82, 2.24) is 14.9 Å². The van der Waals surface area contributed by atoms with Crippen LogP contribution >= 0.6 is 0 Å². The average molecular weight is 235 g/mol. The molecule has 3 nitrogen and oxygen atoms in total. The predicted molar refractivity (Wildman–Crippen MR) is 71.1 cm³/mol. The van der Waals surface area contributed by atoms with Gasteiger partial charge in [0, 0.05) is 30.9 Å². The second-order valence-corrected chi connectivity index (χ2v) is 6.28. The smallest absolute Gasteiger partial charge is 0.0948 e. The molecule has 1 aromatic rings. The van der Waals surface area contributed by atoms with Gasteiger partial charge in [0.05, 0.1) is 6.33 Å². The van der Waals surface area contributed by atoms with E-state index >= 15 is 0 Å². The second kappa shape index (κ2) is 4.81. The Labute approximate surface area is 105 Å². The SMILES string of the molecule is CC(C)C(C)(C)Cn1cncc1C1CCNC1. The number of nitrogens with one attached hydrogen (secondary N) is 1. The van der Waals surface area contributed by atoms with Crippen molar-refractivity contribution in [3.05, 3.63) is 18.2 Å². The molecule has 1 fully saturated rings. The third-order valence-corrected chi connectivity index (χ3v) is 4.36. The summed E-state index contributed by atoms with van der Waals surface area (Å²) in [5.74, 6) is 1.33. The molecule has 0 bridgehead atoms. The van der Waals surface area contributed by atoms with Gasteiger partial charge in [-0.05, 0) is 24.3 Å². The summed E-state index contributed by atoms with van der Waals surface area (Å²) < 4.78 is 2.36. The Morgan fingerprint density at radius 3 is 2.88 bits per heavy atom. The van der Waals surface area contributed by atoms with Gasteiger partial charge in [0.15, 0.2) is 0 Å². The molecule has 0 radical (unpaired) electrons. The van der Waals surface area contributed by atoms with Crippen molar-refractivity contribution in [3.8, 4) is 0 Å². The van der Waals surface area contributed by atoms with Crippen LogP contribution in [-0.4, -0.2) is 22.6 Å². The van der Waals surface area contributed by atoms with Crippen molar-refractivity contribution in [2.45, 2.75) is 46.6 Å². The van der Waals surface area contributed by atoms with Gasteiger partial charge in [0.2, 0.25) is 0 Å². The highest BCUT2D eigenvalue weighted by atomic mass is 15.1. The highest BCUT2D eigenvalue weighted by Crippen LogP contribution is 2.30. The fourth-order valence-electron chi connectivity index (χ4n) is 2.33. The van der Waals surface area contributed by atoms with Crippen molar-refractivity contribution in [1.29, 1.82) is 0 Å². The molecule has 0 spiro atoms. The minimum Gasteiger partial charge on any atom is -0.334 e. The molecule has 0 amide bonds. The number of hydrogen-bond acceptors (Lipinski definition) is 2. The van der Waals surface area contributed by atoms with Crippen LogP contribution in [0.15, 0.2) is 12.5 Å². The number of aromatic nitrogens is 2. The van der Waals surface area contributed by atoms with E-state index in [9.17, 15) is 0 Å². The van der Waals surface area contributed by atoms with Gasteiger partial charge in [-0.2, -0.15) is 0 Å². The van der Waals surface area contributed by atoms with E-state index in [1.807, 2.05) is 12.5 Å². The molecule has 17 heavy (non-hydrogen) atoms. The predicted octanol–water partition coefficient (Wildman–Crippen LogP) is 2.64. The standard InChI is InChI=1S/C14H25N3/c1-11(2)14(3,4)9-17-10-16-8-13(17)12-5-6-15-7-12/h8,10-12,15H,5-7,9H2,1-4H3. The van der Waals surface area contributed by atoms with E-state index in [0.717, 1.165) is 19.6 Å². The third-order valence-electron chi connectivity index (χ3n) is 4.36. The molecule has 3 heteroatoms. The molecule has 1 aliphatic heterocycles. The first-order chi connectivity index (χ1) is 8.00. The quantitative estimate of drug-likeness (QED) is 0.869. The Morgan fingerprint density at radius 2 is 2.29 bits per heavy atom. The summed E-state index contributed by atoms with van der Waals surface area (Å²) in [6, 6.07) is 0. The molecular formula is C14H25N3. The molecule has 1 atom stereocenters. The van der Waals surface area contributed by atoms with E-state index in [1.54, 1.807) is 0 Å². The zero-order valence-electron chi connectivity index (χ0n) is 11.5. The molecule has 1 N–H and O–H groups in total. The van der Waals surface area contributed by atoms with Crippen molar-refractivity contribution in [3.63, 3.8) is 0 Å².